The van der Waals surface area contributed by atoms with E-state index in [1.807, 2.05) is 37.3 Å². The number of para-hydroxylation sites is 1. The third kappa shape index (κ3) is 3.04. The van der Waals surface area contributed by atoms with E-state index in [9.17, 15) is 14.0 Å². The first-order valence-corrected chi connectivity index (χ1v) is 10.2. The van der Waals surface area contributed by atoms with Crippen LogP contribution in [0.4, 0.5) is 10.1 Å². The van der Waals surface area contributed by atoms with E-state index >= 15 is 0 Å². The number of rotatable bonds is 2. The SMILES string of the molecule is Cc1nn(-c2ccccc2)c2[nH]cc(C(=O)N3c4ccc(F)cc4CC[C@@H]3C)c(=O)c12. The Bertz CT molecular complexity index is 1370. The third-order valence-electron chi connectivity index (χ3n) is 5.91. The van der Waals surface area contributed by atoms with E-state index in [0.29, 0.717) is 35.3 Å². The van der Waals surface area contributed by atoms with Gasteiger partial charge in [0.15, 0.2) is 0 Å². The number of hydrogen-bond acceptors (Lipinski definition) is 3. The van der Waals surface area contributed by atoms with Gasteiger partial charge in [-0.2, -0.15) is 5.10 Å². The Kier molecular flexibility index (Phi) is 4.46. The van der Waals surface area contributed by atoms with Crippen molar-refractivity contribution in [3.05, 3.63) is 87.6 Å². The summed E-state index contributed by atoms with van der Waals surface area (Å²) >= 11 is 0. The second-order valence-electron chi connectivity index (χ2n) is 7.92. The minimum Gasteiger partial charge on any atom is -0.345 e. The van der Waals surface area contributed by atoms with Crippen molar-refractivity contribution < 1.29 is 9.18 Å². The molecule has 7 heteroatoms. The van der Waals surface area contributed by atoms with Crippen molar-refractivity contribution in [1.29, 1.82) is 0 Å². The highest BCUT2D eigenvalue weighted by Crippen LogP contribution is 2.32. The van der Waals surface area contributed by atoms with Crippen molar-refractivity contribution in [2.24, 2.45) is 0 Å². The monoisotopic (exact) mass is 416 g/mol. The zero-order chi connectivity index (χ0) is 21.7. The molecule has 0 spiro atoms. The number of carbonyl (C=O) groups excluding carboxylic acids is 1. The molecule has 0 saturated carbocycles. The Labute approximate surface area is 177 Å². The predicted octanol–water partition coefficient (Wildman–Crippen LogP) is 4.14. The molecule has 0 saturated heterocycles. The fourth-order valence-electron chi connectivity index (χ4n) is 4.35. The molecule has 6 nitrogen and oxygen atoms in total. The van der Waals surface area contributed by atoms with Crippen LogP contribution in [0.1, 0.15) is 35.0 Å². The van der Waals surface area contributed by atoms with E-state index in [2.05, 4.69) is 10.1 Å². The van der Waals surface area contributed by atoms with Crippen LogP contribution in [0, 0.1) is 12.7 Å². The Morgan fingerprint density at radius 1 is 1.19 bits per heavy atom. The molecule has 4 aromatic rings. The number of halogens is 1. The van der Waals surface area contributed by atoms with Gasteiger partial charge in [-0.1, -0.05) is 18.2 Å². The number of nitrogens with one attached hydrogen (secondary N) is 1. The van der Waals surface area contributed by atoms with Crippen LogP contribution in [0.5, 0.6) is 0 Å². The maximum absolute atomic E-state index is 13.7. The van der Waals surface area contributed by atoms with Crippen LogP contribution in [0.2, 0.25) is 0 Å². The second-order valence-corrected chi connectivity index (χ2v) is 7.92. The van der Waals surface area contributed by atoms with Gasteiger partial charge in [0.2, 0.25) is 5.43 Å². The van der Waals surface area contributed by atoms with Crippen molar-refractivity contribution in [1.82, 2.24) is 14.8 Å². The number of carbonyl (C=O) groups is 1. The molecule has 1 N–H and O–H groups in total. The first-order chi connectivity index (χ1) is 15.0. The standard InChI is InChI=1S/C24H21FN4O2/c1-14-8-9-16-12-17(25)10-11-20(16)28(14)24(31)19-13-26-23-21(22(19)30)15(2)27-29(23)18-6-4-3-5-7-18/h3-7,10-14H,8-9H2,1-2H3,(H,26,30)/t14-/m0/s1. The molecule has 0 aliphatic carbocycles. The Morgan fingerprint density at radius 3 is 2.74 bits per heavy atom. The zero-order valence-corrected chi connectivity index (χ0v) is 17.2. The van der Waals surface area contributed by atoms with Crippen LogP contribution >= 0.6 is 0 Å². The van der Waals surface area contributed by atoms with Crippen molar-refractivity contribution in [3.8, 4) is 5.69 Å². The molecule has 2 aromatic heterocycles. The first-order valence-electron chi connectivity index (χ1n) is 10.2. The highest BCUT2D eigenvalue weighted by Gasteiger charge is 2.31. The molecule has 1 aliphatic heterocycles. The van der Waals surface area contributed by atoms with Gasteiger partial charge in [-0.15, -0.1) is 0 Å². The normalized spacial score (nSPS) is 15.8. The number of aromatic nitrogens is 3. The lowest BCUT2D eigenvalue weighted by Crippen LogP contribution is -2.43. The van der Waals surface area contributed by atoms with E-state index in [1.54, 1.807) is 22.6 Å². The molecule has 1 atom stereocenters. The molecule has 0 unspecified atom stereocenters. The molecule has 156 valence electrons. The number of aryl methyl sites for hydroxylation is 2. The van der Waals surface area contributed by atoms with Gasteiger partial charge in [0.05, 0.1) is 16.8 Å². The number of H-pyrrole nitrogens is 1. The van der Waals surface area contributed by atoms with E-state index < -0.39 is 5.91 Å². The number of amides is 1. The van der Waals surface area contributed by atoms with Gasteiger partial charge in [-0.3, -0.25) is 9.59 Å². The van der Waals surface area contributed by atoms with Gasteiger partial charge in [-0.25, -0.2) is 9.07 Å². The maximum Gasteiger partial charge on any atom is 0.264 e. The lowest BCUT2D eigenvalue weighted by atomic mass is 9.95. The number of benzene rings is 2. The van der Waals surface area contributed by atoms with E-state index in [-0.39, 0.29) is 22.9 Å². The minimum absolute atomic E-state index is 0.0484. The number of aromatic amines is 1. The second kappa shape index (κ2) is 7.19. The van der Waals surface area contributed by atoms with Gasteiger partial charge in [0.25, 0.3) is 5.91 Å². The van der Waals surface area contributed by atoms with Gasteiger partial charge in [0.1, 0.15) is 17.0 Å². The lowest BCUT2D eigenvalue weighted by Gasteiger charge is -2.35. The number of nitrogens with zero attached hydrogens (tertiary/aromatic N) is 3. The summed E-state index contributed by atoms with van der Waals surface area (Å²) in [5.74, 6) is -0.723. The molecule has 3 heterocycles. The van der Waals surface area contributed by atoms with Crippen LogP contribution in [-0.2, 0) is 6.42 Å². The molecule has 0 fully saturated rings. The molecule has 1 aliphatic rings. The summed E-state index contributed by atoms with van der Waals surface area (Å²) in [6.07, 6.45) is 2.85. The molecular weight excluding hydrogens is 395 g/mol. The minimum atomic E-state index is -0.393. The summed E-state index contributed by atoms with van der Waals surface area (Å²) in [4.78, 5) is 31.6. The summed E-state index contributed by atoms with van der Waals surface area (Å²) in [5.41, 5.74) is 3.02. The molecule has 5 rings (SSSR count). The van der Waals surface area contributed by atoms with Crippen molar-refractivity contribution in [3.63, 3.8) is 0 Å². The third-order valence-corrected chi connectivity index (χ3v) is 5.91. The number of pyridine rings is 1. The van der Waals surface area contributed by atoms with Crippen molar-refractivity contribution >= 4 is 22.6 Å². The first kappa shape index (κ1) is 19.2. The van der Waals surface area contributed by atoms with Crippen LogP contribution in [0.15, 0.2) is 59.5 Å². The van der Waals surface area contributed by atoms with E-state index in [0.717, 1.165) is 11.3 Å². The summed E-state index contributed by atoms with van der Waals surface area (Å²) < 4.78 is 15.4. The largest absolute Gasteiger partial charge is 0.345 e. The average molecular weight is 416 g/mol. The summed E-state index contributed by atoms with van der Waals surface area (Å²) in [6, 6.07) is 13.8. The van der Waals surface area contributed by atoms with Crippen LogP contribution in [0.25, 0.3) is 16.7 Å². The van der Waals surface area contributed by atoms with Crippen molar-refractivity contribution in [2.75, 3.05) is 4.90 Å². The highest BCUT2D eigenvalue weighted by molar-refractivity contribution is 6.08. The number of anilines is 1. The predicted molar refractivity (Wildman–Crippen MR) is 117 cm³/mol. The van der Waals surface area contributed by atoms with Gasteiger partial charge < -0.3 is 9.88 Å². The smallest absolute Gasteiger partial charge is 0.264 e. The highest BCUT2D eigenvalue weighted by atomic mass is 19.1. The Hall–Kier alpha value is -3.74. The van der Waals surface area contributed by atoms with Crippen LogP contribution in [0.3, 0.4) is 0 Å². The lowest BCUT2D eigenvalue weighted by molar-refractivity contribution is 0.0974. The fourth-order valence-corrected chi connectivity index (χ4v) is 4.35. The summed E-state index contributed by atoms with van der Waals surface area (Å²) in [5, 5.41) is 4.90. The molecule has 0 bridgehead atoms. The molecule has 0 radical (unpaired) electrons. The molecule has 1 amide bonds. The van der Waals surface area contributed by atoms with Gasteiger partial charge in [-0.05, 0) is 62.6 Å². The molecular formula is C24H21FN4O2. The van der Waals surface area contributed by atoms with Crippen LogP contribution < -0.4 is 10.3 Å². The summed E-state index contributed by atoms with van der Waals surface area (Å²) in [6.45, 7) is 3.70. The fraction of sp³-hybridized carbons (Fsp3) is 0.208. The molecule has 31 heavy (non-hydrogen) atoms. The van der Waals surface area contributed by atoms with E-state index in [4.69, 9.17) is 0 Å². The average Bonchev–Trinajstić information content (AvgIpc) is 3.11. The number of fused-ring (bicyclic) bond motifs is 2. The Morgan fingerprint density at radius 2 is 1.97 bits per heavy atom. The van der Waals surface area contributed by atoms with Crippen LogP contribution in [-0.4, -0.2) is 26.7 Å². The molecule has 2 aromatic carbocycles. The van der Waals surface area contributed by atoms with Gasteiger partial charge in [0, 0.05) is 17.9 Å². The quantitative estimate of drug-likeness (QED) is 0.534. The van der Waals surface area contributed by atoms with Gasteiger partial charge >= 0.3 is 0 Å². The zero-order valence-electron chi connectivity index (χ0n) is 17.2. The summed E-state index contributed by atoms with van der Waals surface area (Å²) in [7, 11) is 0. The number of hydrogen-bond donors (Lipinski definition) is 1. The maximum atomic E-state index is 13.7. The Balaban J connectivity index is 1.64. The van der Waals surface area contributed by atoms with Crippen molar-refractivity contribution in [2.45, 2.75) is 32.7 Å². The topological polar surface area (TPSA) is 71.0 Å². The van der Waals surface area contributed by atoms with E-state index in [1.165, 1.54) is 18.3 Å².